The summed E-state index contributed by atoms with van der Waals surface area (Å²) >= 11 is 2.03. The minimum Gasteiger partial charge on any atom is -0.855 e. The van der Waals surface area contributed by atoms with Crippen molar-refractivity contribution in [3.8, 4) is 0 Å². The zero-order valence-corrected chi connectivity index (χ0v) is 7.52. The van der Waals surface area contributed by atoms with E-state index >= 15 is 0 Å². The fraction of sp³-hybridized carbons (Fsp3) is 1.00. The zero-order chi connectivity index (χ0) is 6.99. The van der Waals surface area contributed by atoms with Crippen molar-refractivity contribution in [1.82, 2.24) is 0 Å². The van der Waals surface area contributed by atoms with Crippen molar-refractivity contribution < 1.29 is 5.11 Å². The van der Waals surface area contributed by atoms with Gasteiger partial charge in [0.2, 0.25) is 0 Å². The summed E-state index contributed by atoms with van der Waals surface area (Å²) in [6.07, 6.45) is 0. The first-order valence-electron chi connectivity index (χ1n) is 3.06. The molecule has 2 heteroatoms. The predicted octanol–water partition coefficient (Wildman–Crippen LogP) is 0.596. The number of rotatable bonds is 1. The maximum Gasteiger partial charge on any atom is -0.0809 e. The minimum atomic E-state index is 0. The third-order valence-electron chi connectivity index (χ3n) is 0.577. The van der Waals surface area contributed by atoms with Gasteiger partial charge in [-0.1, -0.05) is 6.92 Å². The van der Waals surface area contributed by atoms with Gasteiger partial charge in [0.05, 0.1) is 0 Å². The van der Waals surface area contributed by atoms with Crippen LogP contribution in [0.3, 0.4) is 0 Å². The van der Waals surface area contributed by atoms with Crippen molar-refractivity contribution in [3.05, 3.63) is 0 Å². The Bertz CT molecular complexity index is 29.7. The van der Waals surface area contributed by atoms with Crippen LogP contribution >= 0.6 is 0 Å². The van der Waals surface area contributed by atoms with Gasteiger partial charge in [0.15, 0.2) is 0 Å². The summed E-state index contributed by atoms with van der Waals surface area (Å²) in [5.41, 5.74) is 0. The van der Waals surface area contributed by atoms with Crippen molar-refractivity contribution in [1.29, 1.82) is 0 Å². The molecule has 0 fully saturated rings. The Balaban J connectivity index is 0. The second kappa shape index (κ2) is 10.7. The monoisotopic (exact) mass is 126 g/mol. The van der Waals surface area contributed by atoms with Gasteiger partial charge in [-0.25, -0.2) is 0 Å². The third-order valence-corrected chi connectivity index (χ3v) is 1.73. The van der Waals surface area contributed by atoms with E-state index in [0.717, 1.165) is 5.92 Å². The number of hydrogen-bond acceptors (Lipinski definition) is 1. The van der Waals surface area contributed by atoms with Gasteiger partial charge in [-0.3, -0.25) is 0 Å². The second-order valence-electron chi connectivity index (χ2n) is 1.97. The Morgan fingerprint density at radius 3 is 1.62 bits per heavy atom. The molecule has 0 aromatic carbocycles. The van der Waals surface area contributed by atoms with Crippen molar-refractivity contribution in [2.75, 3.05) is 6.61 Å². The molecule has 46 valence electrons. The average Bonchev–Trinajstić information content (AvgIpc) is 1.69. The van der Waals surface area contributed by atoms with Crippen LogP contribution in [0.2, 0.25) is 4.55 Å². The molecule has 0 aliphatic carbocycles. The van der Waals surface area contributed by atoms with E-state index in [1.54, 1.807) is 6.92 Å². The van der Waals surface area contributed by atoms with Crippen LogP contribution in [0.15, 0.2) is 0 Å². The molecule has 0 saturated heterocycles. The molecule has 0 aromatic heterocycles. The van der Waals surface area contributed by atoms with E-state index < -0.39 is 0 Å². The van der Waals surface area contributed by atoms with E-state index in [9.17, 15) is 0 Å². The number of hydrogen-bond donors (Lipinski definition) is 0. The van der Waals surface area contributed by atoms with Crippen molar-refractivity contribution in [2.24, 2.45) is 5.92 Å². The molecule has 0 radical (unpaired) electrons. The summed E-state index contributed by atoms with van der Waals surface area (Å²) in [6, 6.07) is 0. The first kappa shape index (κ1) is 11.5. The fourth-order valence-electron chi connectivity index (χ4n) is 0. The first-order chi connectivity index (χ1) is 3.68. The zero-order valence-electron chi connectivity index (χ0n) is 6.11. The summed E-state index contributed by atoms with van der Waals surface area (Å²) in [5, 5.41) is 8.93. The third kappa shape index (κ3) is 29.7. The van der Waals surface area contributed by atoms with E-state index in [1.807, 2.05) is 21.7 Å². The summed E-state index contributed by atoms with van der Waals surface area (Å²) in [5.74, 6) is 0.897. The van der Waals surface area contributed by atoms with Crippen LogP contribution < -0.4 is 5.11 Å². The standard InChI is InChI=1S/C4H9.C2H5O.Mg/c1-4(2)3;1-2-3;/h4H,1H2,2-3H3;2H2,1H3;/q;-1;+1. The van der Waals surface area contributed by atoms with Crippen LogP contribution in [-0.2, 0) is 0 Å². The largest absolute Gasteiger partial charge is 0.855 e. The molecule has 0 N–H and O–H groups in total. The van der Waals surface area contributed by atoms with Crippen LogP contribution in [0.25, 0.3) is 0 Å². The van der Waals surface area contributed by atoms with Crippen molar-refractivity contribution in [3.63, 3.8) is 0 Å². The minimum absolute atomic E-state index is 0. The smallest absolute Gasteiger partial charge is 0.0809 e. The molecular weight excluding hydrogens is 112 g/mol. The molecule has 0 aromatic rings. The summed E-state index contributed by atoms with van der Waals surface area (Å²) in [7, 11) is 0. The molecule has 0 saturated carbocycles. The predicted molar refractivity (Wildman–Crippen MR) is 35.9 cm³/mol. The van der Waals surface area contributed by atoms with Gasteiger partial charge in [-0.15, -0.1) is 6.61 Å². The normalized spacial score (nSPS) is 8.38. The molecule has 1 nitrogen and oxygen atoms in total. The second-order valence-corrected chi connectivity index (χ2v) is 2.55. The summed E-state index contributed by atoms with van der Waals surface area (Å²) in [4.78, 5) is 0. The van der Waals surface area contributed by atoms with Crippen LogP contribution in [0.1, 0.15) is 20.8 Å². The molecule has 0 aliphatic rings. The van der Waals surface area contributed by atoms with E-state index in [4.69, 9.17) is 5.11 Å². The SMILES string of the molecule is CC(C)[CH2][Mg+].CC[O-]. The Morgan fingerprint density at radius 2 is 1.62 bits per heavy atom. The molecule has 0 spiro atoms. The summed E-state index contributed by atoms with van der Waals surface area (Å²) in [6.45, 7) is 6.03. The maximum absolute atomic E-state index is 8.93. The Kier molecular flexibility index (Phi) is 15.3. The van der Waals surface area contributed by atoms with Crippen LogP contribution in [0.5, 0.6) is 0 Å². The van der Waals surface area contributed by atoms with Gasteiger partial charge in [-0.2, -0.15) is 0 Å². The Morgan fingerprint density at radius 1 is 1.50 bits per heavy atom. The molecule has 0 unspecified atom stereocenters. The Hall–Kier alpha value is 0.726. The molecule has 0 bridgehead atoms. The van der Waals surface area contributed by atoms with Crippen molar-refractivity contribution in [2.45, 2.75) is 25.3 Å². The van der Waals surface area contributed by atoms with Gasteiger partial charge < -0.3 is 5.11 Å². The van der Waals surface area contributed by atoms with Gasteiger partial charge in [0.25, 0.3) is 0 Å². The van der Waals surface area contributed by atoms with E-state index in [-0.39, 0.29) is 6.61 Å². The van der Waals surface area contributed by atoms with Gasteiger partial charge in [0.1, 0.15) is 0 Å². The fourth-order valence-corrected chi connectivity index (χ4v) is 0. The van der Waals surface area contributed by atoms with E-state index in [0.29, 0.717) is 0 Å². The van der Waals surface area contributed by atoms with Crippen LogP contribution in [-0.4, -0.2) is 28.3 Å². The van der Waals surface area contributed by atoms with Crippen LogP contribution in [0.4, 0.5) is 0 Å². The van der Waals surface area contributed by atoms with Gasteiger partial charge >= 0.3 is 46.0 Å². The van der Waals surface area contributed by atoms with E-state index in [2.05, 4.69) is 13.8 Å². The molecule has 0 heterocycles. The quantitative estimate of drug-likeness (QED) is 0.472. The molecule has 0 aliphatic heterocycles. The maximum atomic E-state index is 8.93. The Labute approximate surface area is 64.9 Å². The molecular formula is C6H14MgO. The average molecular weight is 126 g/mol. The molecule has 0 atom stereocenters. The molecule has 0 rings (SSSR count). The van der Waals surface area contributed by atoms with E-state index in [1.165, 1.54) is 4.55 Å². The molecule has 0 amide bonds. The molecule has 8 heavy (non-hydrogen) atoms. The first-order valence-corrected chi connectivity index (χ1v) is 4.06. The topological polar surface area (TPSA) is 23.1 Å². The van der Waals surface area contributed by atoms with Gasteiger partial charge in [0, 0.05) is 0 Å². The summed E-state index contributed by atoms with van der Waals surface area (Å²) < 4.78 is 1.33. The van der Waals surface area contributed by atoms with Crippen molar-refractivity contribution >= 4 is 21.7 Å². The van der Waals surface area contributed by atoms with Crippen LogP contribution in [0, 0.1) is 5.92 Å². The van der Waals surface area contributed by atoms with Gasteiger partial charge in [-0.05, 0) is 0 Å².